The molecule has 0 bridgehead atoms. The van der Waals surface area contributed by atoms with E-state index in [1.54, 1.807) is 0 Å². The van der Waals surface area contributed by atoms with Gasteiger partial charge in [-0.3, -0.25) is 0 Å². The zero-order valence-electron chi connectivity index (χ0n) is 7.97. The Morgan fingerprint density at radius 3 is 3.00 bits per heavy atom. The summed E-state index contributed by atoms with van der Waals surface area (Å²) in [7, 11) is 0. The molecule has 5 nitrogen and oxygen atoms in total. The summed E-state index contributed by atoms with van der Waals surface area (Å²) in [6.07, 6.45) is 0.828. The van der Waals surface area contributed by atoms with Gasteiger partial charge >= 0.3 is 0 Å². The summed E-state index contributed by atoms with van der Waals surface area (Å²) >= 11 is 2.78. The molecule has 14 heavy (non-hydrogen) atoms. The van der Waals surface area contributed by atoms with Crippen LogP contribution in [-0.4, -0.2) is 25.7 Å². The monoisotopic (exact) mass is 232 g/mol. The van der Waals surface area contributed by atoms with Gasteiger partial charge in [-0.05, 0) is 18.5 Å². The summed E-state index contributed by atoms with van der Waals surface area (Å²) in [5.74, 6) is 1.03. The van der Waals surface area contributed by atoms with Crippen LogP contribution in [0.5, 0.6) is 0 Å². The minimum absolute atomic E-state index is 0.0855. The zero-order valence-corrected chi connectivity index (χ0v) is 9.60. The molecular formula is C7H12N4OS2. The molecule has 0 saturated heterocycles. The van der Waals surface area contributed by atoms with Crippen molar-refractivity contribution in [3.8, 4) is 0 Å². The van der Waals surface area contributed by atoms with Crippen LogP contribution in [0.3, 0.4) is 0 Å². The number of nitrogens with zero attached hydrogens (tertiary/aromatic N) is 3. The number of rotatable bonds is 4. The second-order valence-corrected chi connectivity index (χ2v) is 4.95. The van der Waals surface area contributed by atoms with E-state index in [0.29, 0.717) is 0 Å². The molecule has 1 aromatic heterocycles. The maximum Gasteiger partial charge on any atom is 0.170 e. The minimum atomic E-state index is -0.0855. The zero-order chi connectivity index (χ0) is 10.6. The summed E-state index contributed by atoms with van der Waals surface area (Å²) in [6.45, 7) is 3.86. The highest BCUT2D eigenvalue weighted by molar-refractivity contribution is 8.02. The predicted molar refractivity (Wildman–Crippen MR) is 58.0 cm³/mol. The molecule has 1 heterocycles. The van der Waals surface area contributed by atoms with E-state index >= 15 is 0 Å². The Morgan fingerprint density at radius 1 is 1.79 bits per heavy atom. The molecule has 0 amide bonds. The normalized spacial score (nSPS) is 14.3. The Labute approximate surface area is 90.6 Å². The van der Waals surface area contributed by atoms with Crippen molar-refractivity contribution in [2.45, 2.75) is 29.9 Å². The number of aryl methyl sites for hydroxylation is 1. The summed E-state index contributed by atoms with van der Waals surface area (Å²) in [6, 6.07) is 0. The van der Waals surface area contributed by atoms with E-state index in [1.807, 2.05) is 13.8 Å². The van der Waals surface area contributed by atoms with Crippen LogP contribution in [0.15, 0.2) is 9.50 Å². The third-order valence-corrected chi connectivity index (χ3v) is 3.53. The van der Waals surface area contributed by atoms with E-state index in [1.165, 1.54) is 23.3 Å². The van der Waals surface area contributed by atoms with Crippen molar-refractivity contribution >= 4 is 29.1 Å². The Bertz CT molecular complexity index is 325. The molecule has 0 spiro atoms. The Kier molecular flexibility index (Phi) is 4.15. The SMILES string of the molecule is CCc1nsc(SC(C)C(N)=NO)n1. The highest BCUT2D eigenvalue weighted by Crippen LogP contribution is 2.24. The van der Waals surface area contributed by atoms with Crippen LogP contribution in [-0.2, 0) is 6.42 Å². The van der Waals surface area contributed by atoms with Gasteiger partial charge in [0.25, 0.3) is 0 Å². The molecule has 1 atom stereocenters. The van der Waals surface area contributed by atoms with Gasteiger partial charge in [0.15, 0.2) is 10.2 Å². The third-order valence-electron chi connectivity index (χ3n) is 1.58. The van der Waals surface area contributed by atoms with Gasteiger partial charge in [0.1, 0.15) is 5.82 Å². The number of amidine groups is 1. The van der Waals surface area contributed by atoms with Crippen molar-refractivity contribution in [3.63, 3.8) is 0 Å². The van der Waals surface area contributed by atoms with E-state index in [-0.39, 0.29) is 11.1 Å². The number of nitrogens with two attached hydrogens (primary N) is 1. The van der Waals surface area contributed by atoms with Gasteiger partial charge in [0, 0.05) is 6.42 Å². The summed E-state index contributed by atoms with van der Waals surface area (Å²) < 4.78 is 4.99. The second kappa shape index (κ2) is 5.16. The molecule has 0 radical (unpaired) electrons. The van der Waals surface area contributed by atoms with Crippen molar-refractivity contribution in [1.29, 1.82) is 0 Å². The van der Waals surface area contributed by atoms with E-state index in [0.717, 1.165) is 16.6 Å². The Balaban J connectivity index is 2.60. The number of thioether (sulfide) groups is 1. The van der Waals surface area contributed by atoms with Gasteiger partial charge in [-0.25, -0.2) is 4.98 Å². The summed E-state index contributed by atoms with van der Waals surface area (Å²) in [5.41, 5.74) is 5.44. The van der Waals surface area contributed by atoms with Gasteiger partial charge < -0.3 is 10.9 Å². The van der Waals surface area contributed by atoms with Crippen LogP contribution >= 0.6 is 23.3 Å². The molecule has 78 valence electrons. The van der Waals surface area contributed by atoms with Gasteiger partial charge in [-0.15, -0.1) is 0 Å². The maximum absolute atomic E-state index is 8.45. The Morgan fingerprint density at radius 2 is 2.50 bits per heavy atom. The standard InChI is InChI=1S/C7H12N4OS2/c1-3-5-9-7(14-11-5)13-4(2)6(8)10-12/h4,12H,3H2,1-2H3,(H2,8,10). The van der Waals surface area contributed by atoms with Crippen molar-refractivity contribution < 1.29 is 5.21 Å². The molecule has 3 N–H and O–H groups in total. The van der Waals surface area contributed by atoms with E-state index in [9.17, 15) is 0 Å². The van der Waals surface area contributed by atoms with Gasteiger partial charge in [0.2, 0.25) is 0 Å². The molecule has 1 aromatic rings. The highest BCUT2D eigenvalue weighted by atomic mass is 32.2. The van der Waals surface area contributed by atoms with Gasteiger partial charge in [0.05, 0.1) is 5.25 Å². The molecule has 0 aromatic carbocycles. The maximum atomic E-state index is 8.45. The number of hydrogen-bond donors (Lipinski definition) is 2. The van der Waals surface area contributed by atoms with E-state index < -0.39 is 0 Å². The fourth-order valence-corrected chi connectivity index (χ4v) is 2.57. The van der Waals surface area contributed by atoms with Crippen LogP contribution in [0.1, 0.15) is 19.7 Å². The first-order valence-corrected chi connectivity index (χ1v) is 5.79. The molecule has 7 heteroatoms. The highest BCUT2D eigenvalue weighted by Gasteiger charge is 2.12. The van der Waals surface area contributed by atoms with Crippen LogP contribution < -0.4 is 5.73 Å². The topological polar surface area (TPSA) is 84.4 Å². The molecule has 0 aliphatic heterocycles. The molecule has 0 fully saturated rings. The van der Waals surface area contributed by atoms with Gasteiger partial charge in [-0.1, -0.05) is 23.8 Å². The lowest BCUT2D eigenvalue weighted by Crippen LogP contribution is -2.23. The number of oxime groups is 1. The first-order chi connectivity index (χ1) is 6.67. The minimum Gasteiger partial charge on any atom is -0.409 e. The predicted octanol–water partition coefficient (Wildman–Crippen LogP) is 1.33. The smallest absolute Gasteiger partial charge is 0.170 e. The van der Waals surface area contributed by atoms with Gasteiger partial charge in [-0.2, -0.15) is 4.37 Å². The number of hydrogen-bond acceptors (Lipinski definition) is 6. The molecular weight excluding hydrogens is 220 g/mol. The quantitative estimate of drug-likeness (QED) is 0.269. The van der Waals surface area contributed by atoms with Crippen molar-refractivity contribution in [2.24, 2.45) is 10.9 Å². The van der Waals surface area contributed by atoms with E-state index in [2.05, 4.69) is 14.5 Å². The lowest BCUT2D eigenvalue weighted by atomic mass is 10.4. The first kappa shape index (κ1) is 11.3. The summed E-state index contributed by atoms with van der Waals surface area (Å²) in [4.78, 5) is 4.26. The van der Waals surface area contributed by atoms with Crippen LogP contribution in [0.25, 0.3) is 0 Å². The largest absolute Gasteiger partial charge is 0.409 e. The molecule has 1 unspecified atom stereocenters. The lowest BCUT2D eigenvalue weighted by molar-refractivity contribution is 0.317. The lowest BCUT2D eigenvalue weighted by Gasteiger charge is -2.04. The van der Waals surface area contributed by atoms with Crippen molar-refractivity contribution in [1.82, 2.24) is 9.36 Å². The fraction of sp³-hybridized carbons (Fsp3) is 0.571. The fourth-order valence-electron chi connectivity index (χ4n) is 0.722. The Hall–Kier alpha value is -0.820. The average molecular weight is 232 g/mol. The number of aromatic nitrogens is 2. The van der Waals surface area contributed by atoms with Crippen LogP contribution in [0.4, 0.5) is 0 Å². The molecule has 0 aliphatic carbocycles. The summed E-state index contributed by atoms with van der Waals surface area (Å²) in [5, 5.41) is 11.3. The van der Waals surface area contributed by atoms with Crippen molar-refractivity contribution in [3.05, 3.63) is 5.82 Å². The molecule has 0 aliphatic rings. The van der Waals surface area contributed by atoms with Crippen molar-refractivity contribution in [2.75, 3.05) is 0 Å². The van der Waals surface area contributed by atoms with E-state index in [4.69, 9.17) is 10.9 Å². The molecule has 0 saturated carbocycles. The molecule has 1 rings (SSSR count). The first-order valence-electron chi connectivity index (χ1n) is 4.14. The van der Waals surface area contributed by atoms with Crippen LogP contribution in [0, 0.1) is 0 Å². The van der Waals surface area contributed by atoms with Crippen LogP contribution in [0.2, 0.25) is 0 Å². The average Bonchev–Trinajstić information content (AvgIpc) is 2.64. The third kappa shape index (κ3) is 2.85. The second-order valence-electron chi connectivity index (χ2n) is 2.62.